The fourth-order valence-corrected chi connectivity index (χ4v) is 4.34. The molecule has 11 heteroatoms. The van der Waals surface area contributed by atoms with Gasteiger partial charge in [0.15, 0.2) is 21.3 Å². The second-order valence-electron chi connectivity index (χ2n) is 8.08. The van der Waals surface area contributed by atoms with Gasteiger partial charge in [-0.1, -0.05) is 24.3 Å². The third-order valence-corrected chi connectivity index (χ3v) is 7.50. The monoisotopic (exact) mass is 496 g/mol. The summed E-state index contributed by atoms with van der Waals surface area (Å²) in [6, 6.07) is 13.9. The van der Waals surface area contributed by atoms with Crippen LogP contribution in [0, 0.1) is 0 Å². The van der Waals surface area contributed by atoms with Crippen LogP contribution in [-0.2, 0) is 16.4 Å². The molecule has 0 fully saturated rings. The van der Waals surface area contributed by atoms with Crippen LogP contribution in [0.1, 0.15) is 19.4 Å². The fraction of sp³-hybridized carbons (Fsp3) is 0.250. The summed E-state index contributed by atoms with van der Waals surface area (Å²) < 4.78 is 42.8. The number of nitrogens with one attached hydrogen (secondary N) is 1. The summed E-state index contributed by atoms with van der Waals surface area (Å²) >= 11 is 0. The minimum absolute atomic E-state index is 0.111. The highest BCUT2D eigenvalue weighted by Gasteiger charge is 2.20. The first kappa shape index (κ1) is 24.4. The molecule has 0 atom stereocenters. The van der Waals surface area contributed by atoms with Crippen LogP contribution in [0.5, 0.6) is 0 Å². The fourth-order valence-electron chi connectivity index (χ4n) is 3.28. The number of alkyl halides is 1. The van der Waals surface area contributed by atoms with Gasteiger partial charge in [-0.05, 0) is 43.7 Å². The van der Waals surface area contributed by atoms with Crippen LogP contribution in [0.2, 0.25) is 0 Å². The lowest BCUT2D eigenvalue weighted by Crippen LogP contribution is -2.15. The predicted octanol–water partition coefficient (Wildman–Crippen LogP) is 3.68. The van der Waals surface area contributed by atoms with Crippen LogP contribution in [0.15, 0.2) is 64.0 Å². The zero-order chi connectivity index (χ0) is 25.0. The van der Waals surface area contributed by atoms with Crippen LogP contribution < -0.4 is 11.1 Å². The van der Waals surface area contributed by atoms with E-state index in [0.29, 0.717) is 29.9 Å². The van der Waals surface area contributed by atoms with Crippen molar-refractivity contribution in [2.45, 2.75) is 30.5 Å². The molecule has 0 radical (unpaired) electrons. The first-order valence-corrected chi connectivity index (χ1v) is 12.5. The molecule has 3 N–H and O–H groups in total. The van der Waals surface area contributed by atoms with Gasteiger partial charge in [0.25, 0.3) is 5.89 Å². The maximum absolute atomic E-state index is 12.4. The Hall–Kier alpha value is -3.70. The van der Waals surface area contributed by atoms with Gasteiger partial charge in [0.05, 0.1) is 22.0 Å². The molecule has 0 spiro atoms. The van der Waals surface area contributed by atoms with Gasteiger partial charge in [-0.3, -0.25) is 0 Å². The summed E-state index contributed by atoms with van der Waals surface area (Å²) in [5.74, 6) is 0.523. The number of nitrogen functional groups attached to an aromatic ring is 1. The number of aromatic nitrogens is 4. The largest absolute Gasteiger partial charge is 0.414 e. The molecule has 2 aromatic heterocycles. The Morgan fingerprint density at radius 1 is 1.00 bits per heavy atom. The molecule has 4 rings (SSSR count). The van der Waals surface area contributed by atoms with Gasteiger partial charge >= 0.3 is 0 Å². The van der Waals surface area contributed by atoms with Gasteiger partial charge in [0.1, 0.15) is 6.67 Å². The summed E-state index contributed by atoms with van der Waals surface area (Å²) in [5, 5.41) is 10.6. The van der Waals surface area contributed by atoms with Crippen molar-refractivity contribution in [3.05, 3.63) is 60.3 Å². The van der Waals surface area contributed by atoms with Gasteiger partial charge < -0.3 is 15.5 Å². The van der Waals surface area contributed by atoms with Crippen molar-refractivity contribution < 1.29 is 17.2 Å². The number of nitrogens with two attached hydrogens (primary N) is 1. The quantitative estimate of drug-likeness (QED) is 0.332. The molecule has 2 heterocycles. The highest BCUT2D eigenvalue weighted by Crippen LogP contribution is 2.28. The molecule has 0 unspecified atom stereocenters. The van der Waals surface area contributed by atoms with E-state index in [4.69, 9.17) is 10.2 Å². The summed E-state index contributed by atoms with van der Waals surface area (Å²) in [4.78, 5) is 8.97. The Balaban J connectivity index is 1.57. The van der Waals surface area contributed by atoms with Crippen molar-refractivity contribution in [1.29, 1.82) is 0 Å². The predicted molar refractivity (Wildman–Crippen MR) is 131 cm³/mol. The summed E-state index contributed by atoms with van der Waals surface area (Å²) in [5.41, 5.74) is 9.11. The minimum atomic E-state index is -3.37. The normalized spacial score (nSPS) is 11.8. The van der Waals surface area contributed by atoms with Crippen molar-refractivity contribution in [2.24, 2.45) is 0 Å². The number of hydrogen-bond acceptors (Lipinski definition) is 9. The van der Waals surface area contributed by atoms with E-state index in [9.17, 15) is 12.8 Å². The van der Waals surface area contributed by atoms with E-state index in [0.717, 1.165) is 5.56 Å². The molecule has 0 amide bonds. The molecule has 182 valence electrons. The van der Waals surface area contributed by atoms with Gasteiger partial charge in [-0.2, -0.15) is 0 Å². The molecule has 4 aromatic rings. The van der Waals surface area contributed by atoms with E-state index >= 15 is 0 Å². The average Bonchev–Trinajstić information content (AvgIpc) is 3.35. The molecule has 0 aliphatic carbocycles. The summed E-state index contributed by atoms with van der Waals surface area (Å²) in [6.45, 7) is 3.72. The number of hydrogen-bond donors (Lipinski definition) is 2. The van der Waals surface area contributed by atoms with Gasteiger partial charge in [0.2, 0.25) is 5.89 Å². The third-order valence-electron chi connectivity index (χ3n) is 5.33. The second-order valence-corrected chi connectivity index (χ2v) is 10.6. The number of anilines is 1. The molecule has 0 saturated carbocycles. The molecule has 0 bridgehead atoms. The Kier molecular flexibility index (Phi) is 7.17. The van der Waals surface area contributed by atoms with E-state index < -0.39 is 21.8 Å². The molecule has 35 heavy (non-hydrogen) atoms. The Bertz CT molecular complexity index is 1400. The molecule has 9 nitrogen and oxygen atoms in total. The van der Waals surface area contributed by atoms with Crippen LogP contribution >= 0.6 is 0 Å². The molecule has 2 aromatic carbocycles. The van der Waals surface area contributed by atoms with E-state index in [1.165, 1.54) is 6.20 Å². The summed E-state index contributed by atoms with van der Waals surface area (Å²) in [6.07, 6.45) is 1.50. The van der Waals surface area contributed by atoms with E-state index in [-0.39, 0.29) is 28.2 Å². The second kappa shape index (κ2) is 10.3. The van der Waals surface area contributed by atoms with E-state index in [2.05, 4.69) is 25.5 Å². The lowest BCUT2D eigenvalue weighted by Gasteiger charge is -2.09. The first-order valence-electron chi connectivity index (χ1n) is 11.0. The SMILES string of the molecule is CC(C)S(=O)(=O)c1ccc(-c2cnc(N)c(-c3nnc(-c4ccc(CNCCF)cc4)o3)n2)cc1. The van der Waals surface area contributed by atoms with Crippen LogP contribution in [0.25, 0.3) is 34.3 Å². The standard InChI is InChI=1S/C24H25FN6O3S/c1-15(2)35(32,33)19-9-7-17(8-10-19)20-14-28-22(26)21(29-20)24-31-30-23(34-24)18-5-3-16(4-6-18)13-27-12-11-25/h3-10,14-15,27H,11-13H2,1-2H3,(H2,26,28). The van der Waals surface area contributed by atoms with Crippen LogP contribution in [-0.4, -0.2) is 47.1 Å². The lowest BCUT2D eigenvalue weighted by molar-refractivity contribution is 0.467. The topological polar surface area (TPSA) is 137 Å². The highest BCUT2D eigenvalue weighted by atomic mass is 32.2. The maximum Gasteiger partial charge on any atom is 0.270 e. The molecular weight excluding hydrogens is 471 g/mol. The summed E-state index contributed by atoms with van der Waals surface area (Å²) in [7, 11) is -3.37. The Morgan fingerprint density at radius 2 is 1.66 bits per heavy atom. The van der Waals surface area contributed by atoms with Crippen LogP contribution in [0.3, 0.4) is 0 Å². The first-order chi connectivity index (χ1) is 16.8. The van der Waals surface area contributed by atoms with Gasteiger partial charge in [0, 0.05) is 24.2 Å². The zero-order valence-electron chi connectivity index (χ0n) is 19.3. The Morgan fingerprint density at radius 3 is 2.31 bits per heavy atom. The lowest BCUT2D eigenvalue weighted by atomic mass is 10.1. The number of benzene rings is 2. The molecular formula is C24H25FN6O3S. The number of nitrogens with zero attached hydrogens (tertiary/aromatic N) is 4. The molecule has 0 aliphatic heterocycles. The van der Waals surface area contributed by atoms with Crippen molar-refractivity contribution in [3.63, 3.8) is 0 Å². The van der Waals surface area contributed by atoms with Gasteiger partial charge in [-0.15, -0.1) is 10.2 Å². The van der Waals surface area contributed by atoms with Crippen molar-refractivity contribution in [2.75, 3.05) is 19.0 Å². The Labute approximate surface area is 202 Å². The van der Waals surface area contributed by atoms with E-state index in [1.807, 2.05) is 24.3 Å². The maximum atomic E-state index is 12.4. The molecule has 0 saturated heterocycles. The molecule has 0 aliphatic rings. The number of halogens is 1. The van der Waals surface area contributed by atoms with Crippen molar-refractivity contribution in [3.8, 4) is 34.3 Å². The zero-order valence-corrected chi connectivity index (χ0v) is 20.1. The number of sulfone groups is 1. The third kappa shape index (κ3) is 5.36. The van der Waals surface area contributed by atoms with Crippen molar-refractivity contribution >= 4 is 15.7 Å². The smallest absolute Gasteiger partial charge is 0.270 e. The average molecular weight is 497 g/mol. The number of rotatable bonds is 9. The van der Waals surface area contributed by atoms with E-state index in [1.54, 1.807) is 38.1 Å². The minimum Gasteiger partial charge on any atom is -0.414 e. The van der Waals surface area contributed by atoms with Crippen molar-refractivity contribution in [1.82, 2.24) is 25.5 Å². The highest BCUT2D eigenvalue weighted by molar-refractivity contribution is 7.92. The van der Waals surface area contributed by atoms with Crippen LogP contribution in [0.4, 0.5) is 10.2 Å². The van der Waals surface area contributed by atoms with Gasteiger partial charge in [-0.25, -0.2) is 22.8 Å².